The van der Waals surface area contributed by atoms with Crippen molar-refractivity contribution in [3.63, 3.8) is 0 Å². The lowest BCUT2D eigenvalue weighted by molar-refractivity contribution is 0.101. The number of anilines is 1. The van der Waals surface area contributed by atoms with Gasteiger partial charge in [-0.3, -0.25) is 4.79 Å². The highest BCUT2D eigenvalue weighted by Gasteiger charge is 2.28. The van der Waals surface area contributed by atoms with Crippen molar-refractivity contribution in [2.75, 3.05) is 33.1 Å². The number of methoxy groups -OCH3 is 1. The third-order valence-electron chi connectivity index (χ3n) is 5.35. The van der Waals surface area contributed by atoms with Crippen LogP contribution in [0.15, 0.2) is 48.4 Å². The molecule has 0 atom stereocenters. The van der Waals surface area contributed by atoms with E-state index in [9.17, 15) is 9.59 Å². The van der Waals surface area contributed by atoms with Gasteiger partial charge in [-0.1, -0.05) is 0 Å². The number of rotatable bonds is 7. The Hall–Kier alpha value is -3.78. The summed E-state index contributed by atoms with van der Waals surface area (Å²) in [7, 11) is 5.74. The number of ether oxygens (including phenoxy) is 2. The van der Waals surface area contributed by atoms with Crippen LogP contribution >= 0.6 is 0 Å². The SMILES string of the molecule is COc1ccc2c(c1)c(/C=C1\Oc3ccc(NC(N)=O)cc3C1=O)cn2CCCN(C)C. The van der Waals surface area contributed by atoms with E-state index in [1.54, 1.807) is 31.4 Å². The highest BCUT2D eigenvalue weighted by Crippen LogP contribution is 2.35. The molecule has 2 amide bonds. The molecule has 8 nitrogen and oxygen atoms in total. The highest BCUT2D eigenvalue weighted by atomic mass is 16.5. The number of hydrogen-bond acceptors (Lipinski definition) is 5. The quantitative estimate of drug-likeness (QED) is 0.553. The van der Waals surface area contributed by atoms with Gasteiger partial charge in [-0.2, -0.15) is 0 Å². The van der Waals surface area contributed by atoms with E-state index < -0.39 is 6.03 Å². The van der Waals surface area contributed by atoms with E-state index in [4.69, 9.17) is 15.2 Å². The number of nitrogens with zero attached hydrogens (tertiary/aromatic N) is 2. The van der Waals surface area contributed by atoms with E-state index >= 15 is 0 Å². The zero-order valence-electron chi connectivity index (χ0n) is 18.3. The zero-order valence-corrected chi connectivity index (χ0v) is 18.3. The molecule has 2 aromatic carbocycles. The van der Waals surface area contributed by atoms with Gasteiger partial charge in [0.1, 0.15) is 11.5 Å². The van der Waals surface area contributed by atoms with E-state index in [0.717, 1.165) is 41.7 Å². The van der Waals surface area contributed by atoms with Crippen LogP contribution in [0, 0.1) is 0 Å². The number of Topliss-reactive ketones (excluding diaryl/α,β-unsaturated/α-hetero) is 1. The summed E-state index contributed by atoms with van der Waals surface area (Å²) >= 11 is 0. The average molecular weight is 434 g/mol. The van der Waals surface area contributed by atoms with Gasteiger partial charge >= 0.3 is 6.03 Å². The monoisotopic (exact) mass is 434 g/mol. The summed E-state index contributed by atoms with van der Waals surface area (Å²) in [5.74, 6) is 1.17. The Labute approximate surface area is 186 Å². The molecule has 0 fully saturated rings. The Bertz CT molecular complexity index is 1230. The van der Waals surface area contributed by atoms with Crippen LogP contribution in [-0.2, 0) is 6.54 Å². The number of carbonyl (C=O) groups excluding carboxylic acids is 2. The minimum absolute atomic E-state index is 0.228. The number of urea groups is 1. The fourth-order valence-electron chi connectivity index (χ4n) is 3.84. The number of amides is 2. The molecule has 0 spiro atoms. The molecule has 32 heavy (non-hydrogen) atoms. The fourth-order valence-corrected chi connectivity index (χ4v) is 3.84. The van der Waals surface area contributed by atoms with Crippen molar-refractivity contribution in [1.82, 2.24) is 9.47 Å². The van der Waals surface area contributed by atoms with Crippen molar-refractivity contribution >= 4 is 34.5 Å². The lowest BCUT2D eigenvalue weighted by Gasteiger charge is -2.10. The lowest BCUT2D eigenvalue weighted by Crippen LogP contribution is -2.19. The largest absolute Gasteiger partial charge is 0.497 e. The van der Waals surface area contributed by atoms with Gasteiger partial charge in [0, 0.05) is 34.9 Å². The minimum Gasteiger partial charge on any atom is -0.497 e. The maximum absolute atomic E-state index is 13.0. The topological polar surface area (TPSA) is 98.8 Å². The molecule has 0 saturated carbocycles. The number of fused-ring (bicyclic) bond motifs is 2. The maximum Gasteiger partial charge on any atom is 0.316 e. The van der Waals surface area contributed by atoms with E-state index in [0.29, 0.717) is 17.0 Å². The van der Waals surface area contributed by atoms with Crippen LogP contribution in [0.2, 0.25) is 0 Å². The first-order valence-electron chi connectivity index (χ1n) is 10.3. The van der Waals surface area contributed by atoms with Crippen molar-refractivity contribution in [2.45, 2.75) is 13.0 Å². The molecule has 3 aromatic rings. The molecule has 166 valence electrons. The van der Waals surface area contributed by atoms with Crippen LogP contribution in [0.5, 0.6) is 11.5 Å². The summed E-state index contributed by atoms with van der Waals surface area (Å²) in [6, 6.07) is 10.1. The Morgan fingerprint density at radius 1 is 1.25 bits per heavy atom. The second-order valence-corrected chi connectivity index (χ2v) is 7.96. The molecule has 0 aliphatic carbocycles. The first-order valence-corrected chi connectivity index (χ1v) is 10.3. The van der Waals surface area contributed by atoms with Gasteiger partial charge in [-0.15, -0.1) is 0 Å². The molecule has 2 heterocycles. The normalized spacial score (nSPS) is 14.1. The number of nitrogens with one attached hydrogen (secondary N) is 1. The molecular weight excluding hydrogens is 408 g/mol. The minimum atomic E-state index is -0.692. The molecular formula is C24H26N4O4. The van der Waals surface area contributed by atoms with Crippen LogP contribution < -0.4 is 20.5 Å². The Morgan fingerprint density at radius 3 is 2.78 bits per heavy atom. The van der Waals surface area contributed by atoms with E-state index in [-0.39, 0.29) is 11.5 Å². The molecule has 4 rings (SSSR count). The molecule has 3 N–H and O–H groups in total. The first-order chi connectivity index (χ1) is 15.4. The Kier molecular flexibility index (Phi) is 5.87. The summed E-state index contributed by atoms with van der Waals surface area (Å²) in [5, 5.41) is 3.46. The Balaban J connectivity index is 1.69. The predicted octanol–water partition coefficient (Wildman–Crippen LogP) is 3.71. The molecule has 0 bridgehead atoms. The summed E-state index contributed by atoms with van der Waals surface area (Å²) in [6.45, 7) is 1.83. The van der Waals surface area contributed by atoms with Gasteiger partial charge in [0.25, 0.3) is 0 Å². The van der Waals surface area contributed by atoms with Gasteiger partial charge in [0.05, 0.1) is 12.7 Å². The van der Waals surface area contributed by atoms with Crippen LogP contribution in [-0.4, -0.2) is 49.0 Å². The summed E-state index contributed by atoms with van der Waals surface area (Å²) in [4.78, 5) is 26.2. The molecule has 8 heteroatoms. The van der Waals surface area contributed by atoms with Gasteiger partial charge < -0.3 is 30.0 Å². The molecule has 1 aromatic heterocycles. The second kappa shape index (κ2) is 8.76. The number of hydrogen-bond donors (Lipinski definition) is 2. The fraction of sp³-hybridized carbons (Fsp3) is 0.250. The maximum atomic E-state index is 13.0. The third kappa shape index (κ3) is 4.31. The number of carbonyl (C=O) groups is 2. The van der Waals surface area contributed by atoms with E-state index in [1.807, 2.05) is 24.4 Å². The number of ketones is 1. The van der Waals surface area contributed by atoms with E-state index in [2.05, 4.69) is 28.9 Å². The third-order valence-corrected chi connectivity index (χ3v) is 5.35. The van der Waals surface area contributed by atoms with Gasteiger partial charge in [-0.25, -0.2) is 4.79 Å². The number of primary amides is 1. The average Bonchev–Trinajstić information content (AvgIpc) is 3.25. The highest BCUT2D eigenvalue weighted by molar-refractivity contribution is 6.15. The van der Waals surface area contributed by atoms with E-state index in [1.165, 1.54) is 0 Å². The summed E-state index contributed by atoms with van der Waals surface area (Å²) < 4.78 is 13.4. The van der Waals surface area contributed by atoms with Gasteiger partial charge in [-0.05, 0) is 69.5 Å². The number of benzene rings is 2. The number of aromatic nitrogens is 1. The van der Waals surface area contributed by atoms with Crippen molar-refractivity contribution < 1.29 is 19.1 Å². The van der Waals surface area contributed by atoms with Gasteiger partial charge in [0.2, 0.25) is 5.78 Å². The van der Waals surface area contributed by atoms with Crippen LogP contribution in [0.25, 0.3) is 17.0 Å². The zero-order chi connectivity index (χ0) is 22.8. The molecule has 1 aliphatic heterocycles. The summed E-state index contributed by atoms with van der Waals surface area (Å²) in [6.07, 6.45) is 4.79. The molecule has 0 radical (unpaired) electrons. The molecule has 0 saturated heterocycles. The van der Waals surface area contributed by atoms with Crippen LogP contribution in [0.4, 0.5) is 10.5 Å². The first kappa shape index (κ1) is 21.5. The smallest absolute Gasteiger partial charge is 0.316 e. The van der Waals surface area contributed by atoms with Crippen molar-refractivity contribution in [2.24, 2.45) is 5.73 Å². The second-order valence-electron chi connectivity index (χ2n) is 7.96. The van der Waals surface area contributed by atoms with Crippen LogP contribution in [0.3, 0.4) is 0 Å². The van der Waals surface area contributed by atoms with Crippen LogP contribution in [0.1, 0.15) is 22.3 Å². The van der Waals surface area contributed by atoms with Crippen molar-refractivity contribution in [1.29, 1.82) is 0 Å². The molecule has 1 aliphatic rings. The van der Waals surface area contributed by atoms with Crippen molar-refractivity contribution in [3.05, 3.63) is 59.5 Å². The predicted molar refractivity (Wildman–Crippen MR) is 124 cm³/mol. The van der Waals surface area contributed by atoms with Crippen molar-refractivity contribution in [3.8, 4) is 11.5 Å². The van der Waals surface area contributed by atoms with Gasteiger partial charge in [0.15, 0.2) is 5.76 Å². The lowest BCUT2D eigenvalue weighted by atomic mass is 10.1. The standard InChI is InChI=1S/C24H26N4O4/c1-27(2)9-4-10-28-14-15(18-13-17(31-3)6-7-20(18)28)11-22-23(29)19-12-16(26-24(25)30)5-8-21(19)32-22/h5-8,11-14H,4,9-10H2,1-3H3,(H3,25,26,30)/b22-11-. The number of nitrogens with two attached hydrogens (primary N) is 1. The number of aryl methyl sites for hydroxylation is 1. The molecule has 0 unspecified atom stereocenters. The summed E-state index contributed by atoms with van der Waals surface area (Å²) in [5.41, 5.74) is 7.93. The Morgan fingerprint density at radius 2 is 2.06 bits per heavy atom. The number of allylic oxidation sites excluding steroid dienone is 1.